The number of rotatable bonds is 4. The minimum absolute atomic E-state index is 0.336. The first-order chi connectivity index (χ1) is 12.7. The second-order valence-electron chi connectivity index (χ2n) is 5.72. The molecule has 7 heteroatoms. The first-order valence-electron chi connectivity index (χ1n) is 8.02. The Hall–Kier alpha value is -3.25. The van der Waals surface area contributed by atoms with E-state index in [2.05, 4.69) is 30.6 Å². The number of aromatic nitrogens is 4. The van der Waals surface area contributed by atoms with Crippen LogP contribution in [-0.4, -0.2) is 19.9 Å². The van der Waals surface area contributed by atoms with Gasteiger partial charge in [-0.3, -0.25) is 0 Å². The van der Waals surface area contributed by atoms with E-state index in [0.717, 1.165) is 33.9 Å². The summed E-state index contributed by atoms with van der Waals surface area (Å²) in [5.41, 5.74) is 4.25. The second-order valence-corrected chi connectivity index (χ2v) is 6.08. The van der Waals surface area contributed by atoms with Gasteiger partial charge in [-0.05, 0) is 43.3 Å². The summed E-state index contributed by atoms with van der Waals surface area (Å²) in [6.07, 6.45) is 1.54. The van der Waals surface area contributed by atoms with Crippen LogP contribution in [0.2, 0.25) is 5.15 Å². The molecule has 0 radical (unpaired) electrons. The van der Waals surface area contributed by atoms with Crippen molar-refractivity contribution in [2.75, 3.05) is 10.6 Å². The lowest BCUT2D eigenvalue weighted by molar-refractivity contribution is 1.10. The topological polar surface area (TPSA) is 75.6 Å². The van der Waals surface area contributed by atoms with Gasteiger partial charge in [0.2, 0.25) is 0 Å². The van der Waals surface area contributed by atoms with E-state index < -0.39 is 0 Å². The lowest BCUT2D eigenvalue weighted by Crippen LogP contribution is -1.98. The molecule has 0 aliphatic carbocycles. The zero-order valence-corrected chi connectivity index (χ0v) is 14.7. The van der Waals surface area contributed by atoms with Crippen LogP contribution in [0.1, 0.15) is 5.69 Å². The van der Waals surface area contributed by atoms with Crippen LogP contribution < -0.4 is 10.6 Å². The van der Waals surface area contributed by atoms with Crippen molar-refractivity contribution in [3.8, 4) is 0 Å². The van der Waals surface area contributed by atoms with Gasteiger partial charge in [-0.25, -0.2) is 19.9 Å². The summed E-state index contributed by atoms with van der Waals surface area (Å²) < 4.78 is 0. The average molecular weight is 363 g/mol. The Morgan fingerprint density at radius 1 is 0.808 bits per heavy atom. The number of para-hydroxylation sites is 2. The average Bonchev–Trinajstić information content (AvgIpc) is 2.64. The molecule has 4 rings (SSSR count). The predicted octanol–water partition coefficient (Wildman–Crippen LogP) is 4.87. The van der Waals surface area contributed by atoms with Gasteiger partial charge >= 0.3 is 0 Å². The van der Waals surface area contributed by atoms with Gasteiger partial charge in [0.05, 0.1) is 11.0 Å². The van der Waals surface area contributed by atoms with Crippen molar-refractivity contribution in [2.24, 2.45) is 0 Å². The Morgan fingerprint density at radius 2 is 1.46 bits per heavy atom. The standard InChI is InChI=1S/C19H15ClN6/c1-12-10-17(22-11-21-12)23-13-6-8-14(9-7-13)24-19-18(20)25-15-4-2-3-5-16(15)26-19/h2-11H,1H3,(H,24,26)(H,21,22,23). The summed E-state index contributed by atoms with van der Waals surface area (Å²) in [6.45, 7) is 1.92. The third-order valence-electron chi connectivity index (χ3n) is 3.75. The fourth-order valence-electron chi connectivity index (χ4n) is 2.50. The quantitative estimate of drug-likeness (QED) is 0.539. The smallest absolute Gasteiger partial charge is 0.172 e. The van der Waals surface area contributed by atoms with E-state index in [-0.39, 0.29) is 0 Å². The van der Waals surface area contributed by atoms with E-state index in [1.54, 1.807) is 0 Å². The van der Waals surface area contributed by atoms with Gasteiger partial charge in [0, 0.05) is 23.1 Å². The molecular weight excluding hydrogens is 348 g/mol. The van der Waals surface area contributed by atoms with E-state index in [9.17, 15) is 0 Å². The zero-order valence-electron chi connectivity index (χ0n) is 13.9. The lowest BCUT2D eigenvalue weighted by Gasteiger charge is -2.10. The molecule has 0 saturated carbocycles. The van der Waals surface area contributed by atoms with Gasteiger partial charge in [-0.2, -0.15) is 0 Å². The fourth-order valence-corrected chi connectivity index (χ4v) is 2.68. The highest BCUT2D eigenvalue weighted by Crippen LogP contribution is 2.25. The maximum absolute atomic E-state index is 6.24. The van der Waals surface area contributed by atoms with E-state index in [0.29, 0.717) is 11.0 Å². The molecule has 0 bridgehead atoms. The third-order valence-corrected chi connectivity index (χ3v) is 4.02. The number of fused-ring (bicyclic) bond motifs is 1. The van der Waals surface area contributed by atoms with Gasteiger partial charge in [0.15, 0.2) is 11.0 Å². The van der Waals surface area contributed by atoms with Crippen molar-refractivity contribution < 1.29 is 0 Å². The molecule has 2 aromatic heterocycles. The Labute approximate surface area is 155 Å². The van der Waals surface area contributed by atoms with Crippen molar-refractivity contribution >= 4 is 45.6 Å². The van der Waals surface area contributed by atoms with Crippen molar-refractivity contribution in [3.63, 3.8) is 0 Å². The number of anilines is 4. The number of aryl methyl sites for hydroxylation is 1. The highest BCUT2D eigenvalue weighted by molar-refractivity contribution is 6.32. The Kier molecular flexibility index (Phi) is 4.33. The van der Waals surface area contributed by atoms with Gasteiger partial charge in [0.25, 0.3) is 0 Å². The summed E-state index contributed by atoms with van der Waals surface area (Å²) in [5, 5.41) is 6.78. The van der Waals surface area contributed by atoms with Gasteiger partial charge in [-0.15, -0.1) is 0 Å². The minimum atomic E-state index is 0.336. The maximum atomic E-state index is 6.24. The van der Waals surface area contributed by atoms with Gasteiger partial charge in [0.1, 0.15) is 12.1 Å². The predicted molar refractivity (Wildman–Crippen MR) is 104 cm³/mol. The van der Waals surface area contributed by atoms with Crippen molar-refractivity contribution in [3.05, 3.63) is 71.8 Å². The molecule has 0 aliphatic heterocycles. The van der Waals surface area contributed by atoms with Crippen molar-refractivity contribution in [2.45, 2.75) is 6.92 Å². The molecule has 2 heterocycles. The summed E-state index contributed by atoms with van der Waals surface area (Å²) in [6, 6.07) is 17.3. The van der Waals surface area contributed by atoms with E-state index in [4.69, 9.17) is 11.6 Å². The summed E-state index contributed by atoms with van der Waals surface area (Å²) in [4.78, 5) is 17.2. The third kappa shape index (κ3) is 3.55. The largest absolute Gasteiger partial charge is 0.340 e. The number of nitrogens with zero attached hydrogens (tertiary/aromatic N) is 4. The number of benzene rings is 2. The van der Waals surface area contributed by atoms with Crippen molar-refractivity contribution in [1.82, 2.24) is 19.9 Å². The van der Waals surface area contributed by atoms with Crippen LogP contribution in [0.15, 0.2) is 60.9 Å². The summed E-state index contributed by atoms with van der Waals surface area (Å²) >= 11 is 6.24. The molecule has 0 fully saturated rings. The maximum Gasteiger partial charge on any atom is 0.172 e. The molecule has 0 amide bonds. The van der Waals surface area contributed by atoms with Crippen LogP contribution in [-0.2, 0) is 0 Å². The zero-order chi connectivity index (χ0) is 17.9. The first-order valence-corrected chi connectivity index (χ1v) is 8.40. The molecule has 0 atom stereocenters. The highest BCUT2D eigenvalue weighted by Gasteiger charge is 2.07. The molecule has 6 nitrogen and oxygen atoms in total. The molecule has 0 aliphatic rings. The summed E-state index contributed by atoms with van der Waals surface area (Å²) in [7, 11) is 0. The Bertz CT molecular complexity index is 1070. The van der Waals surface area contributed by atoms with Crippen LogP contribution in [0.25, 0.3) is 11.0 Å². The Balaban J connectivity index is 1.53. The molecular formula is C19H15ClN6. The number of nitrogens with one attached hydrogen (secondary N) is 2. The second kappa shape index (κ2) is 6.93. The summed E-state index contributed by atoms with van der Waals surface area (Å²) in [5.74, 6) is 1.28. The number of halogens is 1. The van der Waals surface area contributed by atoms with Gasteiger partial charge < -0.3 is 10.6 Å². The van der Waals surface area contributed by atoms with Gasteiger partial charge in [-0.1, -0.05) is 23.7 Å². The van der Waals surface area contributed by atoms with Crippen LogP contribution in [0.3, 0.4) is 0 Å². The minimum Gasteiger partial charge on any atom is -0.340 e. The molecule has 0 spiro atoms. The monoisotopic (exact) mass is 362 g/mol. The van der Waals surface area contributed by atoms with Crippen molar-refractivity contribution in [1.29, 1.82) is 0 Å². The van der Waals surface area contributed by atoms with E-state index in [1.165, 1.54) is 6.33 Å². The lowest BCUT2D eigenvalue weighted by atomic mass is 10.2. The molecule has 0 unspecified atom stereocenters. The molecule has 0 saturated heterocycles. The molecule has 26 heavy (non-hydrogen) atoms. The van der Waals surface area contributed by atoms with E-state index >= 15 is 0 Å². The first kappa shape index (κ1) is 16.2. The number of hydrogen-bond donors (Lipinski definition) is 2. The molecule has 4 aromatic rings. The van der Waals surface area contributed by atoms with Crippen LogP contribution in [0, 0.1) is 6.92 Å². The van der Waals surface area contributed by atoms with Crippen LogP contribution in [0.5, 0.6) is 0 Å². The highest BCUT2D eigenvalue weighted by atomic mass is 35.5. The van der Waals surface area contributed by atoms with Crippen LogP contribution >= 0.6 is 11.6 Å². The van der Waals surface area contributed by atoms with E-state index in [1.807, 2.05) is 61.5 Å². The SMILES string of the molecule is Cc1cc(Nc2ccc(Nc3nc4ccccc4nc3Cl)cc2)ncn1. The molecule has 128 valence electrons. The fraction of sp³-hybridized carbons (Fsp3) is 0.0526. The number of hydrogen-bond acceptors (Lipinski definition) is 6. The molecule has 2 N–H and O–H groups in total. The normalized spacial score (nSPS) is 10.7. The Morgan fingerprint density at radius 3 is 2.15 bits per heavy atom. The van der Waals surface area contributed by atoms with Crippen LogP contribution in [0.4, 0.5) is 23.0 Å². The molecule has 2 aromatic carbocycles.